The third-order valence-electron chi connectivity index (χ3n) is 4.60. The van der Waals surface area contributed by atoms with E-state index in [1.54, 1.807) is 7.11 Å². The maximum Gasteiger partial charge on any atom is 0.221 e. The minimum atomic E-state index is 0.395. The second kappa shape index (κ2) is 7.81. The normalized spacial score (nSPS) is 15.3. The first-order chi connectivity index (χ1) is 13.2. The Hall–Kier alpha value is -2.84. The fraction of sp³-hybridized carbons (Fsp3) is 0.368. The molecule has 1 aromatic carbocycles. The molecule has 8 nitrogen and oxygen atoms in total. The third kappa shape index (κ3) is 4.12. The lowest BCUT2D eigenvalue weighted by Crippen LogP contribution is -2.44. The lowest BCUT2D eigenvalue weighted by Gasteiger charge is -2.33. The van der Waals surface area contributed by atoms with Gasteiger partial charge in [-0.25, -0.2) is 4.98 Å². The molecule has 2 aromatic heterocycles. The zero-order chi connectivity index (χ0) is 18.6. The van der Waals surface area contributed by atoms with Gasteiger partial charge in [0.2, 0.25) is 11.8 Å². The van der Waals surface area contributed by atoms with Crippen LogP contribution in [0.2, 0.25) is 0 Å². The largest absolute Gasteiger partial charge is 0.439 e. The number of anilines is 2. The standard InChI is InChI=1S/C19H24N6O2/c1-24-8-10-25(11-9-24)17-4-3-5-18(23-17)27-14-6-7-15-16(12-14)22-19(21-15)20-13-26-2/h3-7,12H,8-11,13H2,1-2H3,(H2,20,21,22). The molecule has 0 atom stereocenters. The van der Waals surface area contributed by atoms with Crippen LogP contribution in [-0.4, -0.2) is 66.9 Å². The van der Waals surface area contributed by atoms with Crippen molar-refractivity contribution in [3.8, 4) is 11.6 Å². The van der Waals surface area contributed by atoms with Gasteiger partial charge in [-0.3, -0.25) is 0 Å². The summed E-state index contributed by atoms with van der Waals surface area (Å²) >= 11 is 0. The van der Waals surface area contributed by atoms with Gasteiger partial charge in [-0.15, -0.1) is 0 Å². The first-order valence-corrected chi connectivity index (χ1v) is 9.02. The Morgan fingerprint density at radius 3 is 2.78 bits per heavy atom. The number of hydrogen-bond donors (Lipinski definition) is 2. The summed E-state index contributed by atoms with van der Waals surface area (Å²) in [5.74, 6) is 2.92. The fourth-order valence-electron chi connectivity index (χ4n) is 3.07. The van der Waals surface area contributed by atoms with Crippen LogP contribution in [-0.2, 0) is 4.74 Å². The minimum Gasteiger partial charge on any atom is -0.439 e. The summed E-state index contributed by atoms with van der Waals surface area (Å²) in [7, 11) is 3.77. The highest BCUT2D eigenvalue weighted by Crippen LogP contribution is 2.26. The molecule has 8 heteroatoms. The number of fused-ring (bicyclic) bond motifs is 1. The number of methoxy groups -OCH3 is 1. The van der Waals surface area contributed by atoms with E-state index in [9.17, 15) is 0 Å². The van der Waals surface area contributed by atoms with E-state index in [1.165, 1.54) is 0 Å². The highest BCUT2D eigenvalue weighted by Gasteiger charge is 2.15. The number of aromatic amines is 1. The summed E-state index contributed by atoms with van der Waals surface area (Å²) < 4.78 is 11.0. The number of likely N-dealkylation sites (N-methyl/N-ethyl adjacent to an activating group) is 1. The van der Waals surface area contributed by atoms with Crippen LogP contribution in [0.15, 0.2) is 36.4 Å². The Morgan fingerprint density at radius 2 is 1.96 bits per heavy atom. The van der Waals surface area contributed by atoms with Crippen molar-refractivity contribution >= 4 is 22.8 Å². The third-order valence-corrected chi connectivity index (χ3v) is 4.60. The Balaban J connectivity index is 1.49. The molecule has 27 heavy (non-hydrogen) atoms. The molecule has 0 spiro atoms. The van der Waals surface area contributed by atoms with Gasteiger partial charge in [-0.1, -0.05) is 6.07 Å². The number of nitrogens with one attached hydrogen (secondary N) is 2. The molecule has 1 fully saturated rings. The number of ether oxygens (including phenoxy) is 2. The van der Waals surface area contributed by atoms with E-state index < -0.39 is 0 Å². The van der Waals surface area contributed by atoms with Crippen molar-refractivity contribution in [2.45, 2.75) is 0 Å². The number of H-pyrrole nitrogens is 1. The SMILES string of the molecule is COCNc1nc2ccc(Oc3cccc(N4CCN(C)CC4)n3)cc2[nH]1. The van der Waals surface area contributed by atoms with Crippen LogP contribution in [0.4, 0.5) is 11.8 Å². The van der Waals surface area contributed by atoms with Gasteiger partial charge in [-0.05, 0) is 25.2 Å². The van der Waals surface area contributed by atoms with Crippen molar-refractivity contribution in [1.29, 1.82) is 0 Å². The van der Waals surface area contributed by atoms with Gasteiger partial charge in [0, 0.05) is 45.4 Å². The molecule has 0 bridgehead atoms. The van der Waals surface area contributed by atoms with Crippen molar-refractivity contribution in [2.75, 3.05) is 57.3 Å². The zero-order valence-corrected chi connectivity index (χ0v) is 15.6. The van der Waals surface area contributed by atoms with Crippen LogP contribution >= 0.6 is 0 Å². The van der Waals surface area contributed by atoms with Gasteiger partial charge in [-0.2, -0.15) is 4.98 Å². The Morgan fingerprint density at radius 1 is 1.11 bits per heavy atom. The van der Waals surface area contributed by atoms with Crippen LogP contribution in [0.5, 0.6) is 11.6 Å². The van der Waals surface area contributed by atoms with E-state index in [1.807, 2.05) is 36.4 Å². The summed E-state index contributed by atoms with van der Waals surface area (Å²) in [5, 5.41) is 3.05. The van der Waals surface area contributed by atoms with Gasteiger partial charge in [0.25, 0.3) is 0 Å². The number of hydrogen-bond acceptors (Lipinski definition) is 7. The molecule has 0 radical (unpaired) electrons. The average molecular weight is 368 g/mol. The van der Waals surface area contributed by atoms with E-state index in [-0.39, 0.29) is 0 Å². The molecular weight excluding hydrogens is 344 g/mol. The monoisotopic (exact) mass is 368 g/mol. The van der Waals surface area contributed by atoms with Crippen LogP contribution < -0.4 is 15.0 Å². The van der Waals surface area contributed by atoms with Crippen molar-refractivity contribution in [3.05, 3.63) is 36.4 Å². The fourth-order valence-corrected chi connectivity index (χ4v) is 3.07. The van der Waals surface area contributed by atoms with Crippen molar-refractivity contribution < 1.29 is 9.47 Å². The average Bonchev–Trinajstić information content (AvgIpc) is 3.09. The van der Waals surface area contributed by atoms with Crippen molar-refractivity contribution in [2.24, 2.45) is 0 Å². The van der Waals surface area contributed by atoms with Gasteiger partial charge in [0.05, 0.1) is 11.0 Å². The first kappa shape index (κ1) is 17.6. The number of nitrogens with zero attached hydrogens (tertiary/aromatic N) is 4. The number of aromatic nitrogens is 3. The molecule has 0 aliphatic carbocycles. The number of piperazine rings is 1. The topological polar surface area (TPSA) is 78.5 Å². The van der Waals surface area contributed by atoms with Crippen LogP contribution in [0, 0.1) is 0 Å². The Labute approximate surface area is 158 Å². The number of imidazole rings is 1. The molecule has 3 heterocycles. The molecule has 2 N–H and O–H groups in total. The maximum atomic E-state index is 5.99. The predicted molar refractivity (Wildman–Crippen MR) is 106 cm³/mol. The molecular formula is C19H24N6O2. The molecule has 1 aliphatic rings. The maximum absolute atomic E-state index is 5.99. The molecule has 0 unspecified atom stereocenters. The number of pyridine rings is 1. The predicted octanol–water partition coefficient (Wildman–Crippen LogP) is 2.52. The summed E-state index contributed by atoms with van der Waals surface area (Å²) in [5.41, 5.74) is 1.75. The smallest absolute Gasteiger partial charge is 0.221 e. The van der Waals surface area contributed by atoms with Gasteiger partial charge in [0.15, 0.2) is 0 Å². The summed E-state index contributed by atoms with van der Waals surface area (Å²) in [6, 6.07) is 11.6. The molecule has 0 amide bonds. The van der Waals surface area contributed by atoms with Crippen LogP contribution in [0.3, 0.4) is 0 Å². The van der Waals surface area contributed by atoms with Gasteiger partial charge >= 0.3 is 0 Å². The van der Waals surface area contributed by atoms with E-state index in [0.717, 1.165) is 43.0 Å². The highest BCUT2D eigenvalue weighted by molar-refractivity contribution is 5.79. The lowest BCUT2D eigenvalue weighted by molar-refractivity contribution is 0.220. The van der Waals surface area contributed by atoms with Crippen molar-refractivity contribution in [3.63, 3.8) is 0 Å². The van der Waals surface area contributed by atoms with E-state index in [2.05, 4.69) is 37.1 Å². The molecule has 3 aromatic rings. The zero-order valence-electron chi connectivity index (χ0n) is 15.6. The summed E-state index contributed by atoms with van der Waals surface area (Å²) in [4.78, 5) is 16.9. The highest BCUT2D eigenvalue weighted by atomic mass is 16.5. The van der Waals surface area contributed by atoms with E-state index in [0.29, 0.717) is 24.3 Å². The minimum absolute atomic E-state index is 0.395. The first-order valence-electron chi connectivity index (χ1n) is 9.02. The number of rotatable bonds is 6. The quantitative estimate of drug-likeness (QED) is 0.647. The lowest BCUT2D eigenvalue weighted by atomic mass is 10.3. The number of benzene rings is 1. The van der Waals surface area contributed by atoms with E-state index in [4.69, 9.17) is 9.47 Å². The van der Waals surface area contributed by atoms with Crippen molar-refractivity contribution in [1.82, 2.24) is 19.9 Å². The van der Waals surface area contributed by atoms with Gasteiger partial charge < -0.3 is 29.6 Å². The van der Waals surface area contributed by atoms with E-state index >= 15 is 0 Å². The van der Waals surface area contributed by atoms with Gasteiger partial charge in [0.1, 0.15) is 18.3 Å². The summed E-state index contributed by atoms with van der Waals surface area (Å²) in [6.45, 7) is 4.44. The molecule has 1 aliphatic heterocycles. The second-order valence-corrected chi connectivity index (χ2v) is 6.60. The summed E-state index contributed by atoms with van der Waals surface area (Å²) in [6.07, 6.45) is 0. The molecule has 1 saturated heterocycles. The van der Waals surface area contributed by atoms with Crippen LogP contribution in [0.25, 0.3) is 11.0 Å². The van der Waals surface area contributed by atoms with Crippen LogP contribution in [0.1, 0.15) is 0 Å². The molecule has 142 valence electrons. The Bertz CT molecular complexity index is 904. The second-order valence-electron chi connectivity index (χ2n) is 6.60. The molecule has 0 saturated carbocycles. The Kier molecular flexibility index (Phi) is 5.08. The molecule has 4 rings (SSSR count).